The van der Waals surface area contributed by atoms with Crippen molar-refractivity contribution in [1.29, 1.82) is 0 Å². The Balaban J connectivity index is 1.48. The van der Waals surface area contributed by atoms with Gasteiger partial charge in [0.05, 0.1) is 11.2 Å². The molecule has 1 aliphatic carbocycles. The van der Waals surface area contributed by atoms with Crippen LogP contribution in [-0.2, 0) is 16.6 Å². The number of halogens is 1. The third-order valence-corrected chi connectivity index (χ3v) is 5.75. The van der Waals surface area contributed by atoms with Gasteiger partial charge in [-0.3, -0.25) is 24.5 Å². The number of urea groups is 1. The van der Waals surface area contributed by atoms with E-state index in [0.717, 1.165) is 0 Å². The van der Waals surface area contributed by atoms with Crippen LogP contribution in [0, 0.1) is 11.2 Å². The summed E-state index contributed by atoms with van der Waals surface area (Å²) in [5.74, 6) is -0.0929. The molecule has 8 nitrogen and oxygen atoms in total. The third kappa shape index (κ3) is 2.34. The summed E-state index contributed by atoms with van der Waals surface area (Å²) in [6.07, 6.45) is 1.36. The highest BCUT2D eigenvalue weighted by atomic mass is 19.1. The number of Topliss-reactive ketones (excluding diaryl/α,β-unsaturated/α-hetero) is 1. The standard InChI is InChI=1S/C18H18FN5O3/c1-22-13-5-14(23-8-18(9-23)6-10(25)7-18)12(19)4-11(13)16(21-22)24-3-2-15(26)20-17(24)27/h4-5H,2-3,6-9H2,1H3,(H,20,26,27). The Labute approximate surface area is 153 Å². The molecule has 3 fully saturated rings. The summed E-state index contributed by atoms with van der Waals surface area (Å²) in [6.45, 7) is 1.58. The van der Waals surface area contributed by atoms with Crippen molar-refractivity contribution in [2.75, 3.05) is 29.4 Å². The van der Waals surface area contributed by atoms with E-state index in [9.17, 15) is 18.8 Å². The molecular formula is C18H18FN5O3. The van der Waals surface area contributed by atoms with Gasteiger partial charge in [-0.2, -0.15) is 5.10 Å². The average molecular weight is 371 g/mol. The van der Waals surface area contributed by atoms with Crippen molar-refractivity contribution in [2.45, 2.75) is 19.3 Å². The maximum absolute atomic E-state index is 14.8. The van der Waals surface area contributed by atoms with Crippen molar-refractivity contribution in [1.82, 2.24) is 15.1 Å². The van der Waals surface area contributed by atoms with Crippen molar-refractivity contribution in [3.63, 3.8) is 0 Å². The second-order valence-corrected chi connectivity index (χ2v) is 7.77. The molecule has 0 radical (unpaired) electrons. The molecule has 140 valence electrons. The number of benzene rings is 1. The normalized spacial score (nSPS) is 21.5. The first kappa shape index (κ1) is 16.2. The number of anilines is 2. The third-order valence-electron chi connectivity index (χ3n) is 5.75. The summed E-state index contributed by atoms with van der Waals surface area (Å²) in [4.78, 5) is 38.1. The van der Waals surface area contributed by atoms with Crippen LogP contribution >= 0.6 is 0 Å². The monoisotopic (exact) mass is 371 g/mol. The maximum Gasteiger partial charge on any atom is 0.329 e. The van der Waals surface area contributed by atoms with Gasteiger partial charge in [-0.25, -0.2) is 9.18 Å². The number of fused-ring (bicyclic) bond motifs is 1. The number of carbonyl (C=O) groups is 3. The summed E-state index contributed by atoms with van der Waals surface area (Å²) >= 11 is 0. The first-order valence-corrected chi connectivity index (χ1v) is 8.89. The van der Waals surface area contributed by atoms with Crippen molar-refractivity contribution < 1.29 is 18.8 Å². The van der Waals surface area contributed by atoms with Gasteiger partial charge in [0.1, 0.15) is 11.6 Å². The fourth-order valence-corrected chi connectivity index (χ4v) is 4.40. The number of imide groups is 1. The van der Waals surface area contributed by atoms with Crippen LogP contribution in [0.5, 0.6) is 0 Å². The van der Waals surface area contributed by atoms with E-state index in [-0.39, 0.29) is 35.9 Å². The zero-order valence-electron chi connectivity index (χ0n) is 14.8. The molecule has 27 heavy (non-hydrogen) atoms. The molecule has 3 heterocycles. The van der Waals surface area contributed by atoms with E-state index in [4.69, 9.17) is 0 Å². The van der Waals surface area contributed by atoms with Crippen molar-refractivity contribution in [2.24, 2.45) is 12.5 Å². The second kappa shape index (κ2) is 5.28. The quantitative estimate of drug-likeness (QED) is 0.861. The number of hydrogen-bond acceptors (Lipinski definition) is 5. The van der Waals surface area contributed by atoms with Crippen LogP contribution in [0.3, 0.4) is 0 Å². The van der Waals surface area contributed by atoms with Gasteiger partial charge in [-0.15, -0.1) is 0 Å². The minimum absolute atomic E-state index is 0.0362. The second-order valence-electron chi connectivity index (χ2n) is 7.77. The van der Waals surface area contributed by atoms with Crippen LogP contribution in [-0.4, -0.2) is 47.1 Å². The van der Waals surface area contributed by atoms with Crippen molar-refractivity contribution in [3.8, 4) is 0 Å². The molecule has 1 spiro atoms. The fraction of sp³-hybridized carbons (Fsp3) is 0.444. The molecule has 3 amide bonds. The average Bonchev–Trinajstić information content (AvgIpc) is 2.85. The number of ketones is 1. The Kier molecular flexibility index (Phi) is 3.17. The van der Waals surface area contributed by atoms with E-state index in [0.29, 0.717) is 48.3 Å². The molecule has 3 aliphatic rings. The molecule has 1 aromatic heterocycles. The van der Waals surface area contributed by atoms with E-state index in [2.05, 4.69) is 10.4 Å². The molecule has 1 saturated carbocycles. The Bertz CT molecular complexity index is 1010. The topological polar surface area (TPSA) is 87.5 Å². The lowest BCUT2D eigenvalue weighted by Crippen LogP contribution is -2.63. The SMILES string of the molecule is Cn1nc(N2CCC(=O)NC2=O)c2cc(F)c(N3CC4(CC(=O)C4)C3)cc21. The Morgan fingerprint density at radius 2 is 1.93 bits per heavy atom. The largest absolute Gasteiger partial charge is 0.368 e. The van der Waals surface area contributed by atoms with Crippen LogP contribution in [0.2, 0.25) is 0 Å². The van der Waals surface area contributed by atoms with Gasteiger partial charge in [-0.05, 0) is 12.1 Å². The molecule has 0 atom stereocenters. The van der Waals surface area contributed by atoms with E-state index in [1.807, 2.05) is 4.90 Å². The van der Waals surface area contributed by atoms with E-state index >= 15 is 0 Å². The number of rotatable bonds is 2. The lowest BCUT2D eigenvalue weighted by molar-refractivity contribution is -0.134. The van der Waals surface area contributed by atoms with Gasteiger partial charge in [-0.1, -0.05) is 0 Å². The lowest BCUT2D eigenvalue weighted by atomic mass is 9.62. The Morgan fingerprint density at radius 1 is 1.19 bits per heavy atom. The van der Waals surface area contributed by atoms with E-state index in [1.165, 1.54) is 11.0 Å². The molecule has 9 heteroatoms. The number of nitrogens with zero attached hydrogens (tertiary/aromatic N) is 4. The number of amides is 3. The minimum Gasteiger partial charge on any atom is -0.368 e. The van der Waals surface area contributed by atoms with Crippen LogP contribution in [0.25, 0.3) is 10.9 Å². The predicted molar refractivity (Wildman–Crippen MR) is 95.1 cm³/mol. The molecule has 2 saturated heterocycles. The van der Waals surface area contributed by atoms with Gasteiger partial charge in [0.2, 0.25) is 5.91 Å². The zero-order valence-corrected chi connectivity index (χ0v) is 14.8. The smallest absolute Gasteiger partial charge is 0.329 e. The Morgan fingerprint density at radius 3 is 2.59 bits per heavy atom. The summed E-state index contributed by atoms with van der Waals surface area (Å²) < 4.78 is 16.4. The predicted octanol–water partition coefficient (Wildman–Crippen LogP) is 1.33. The van der Waals surface area contributed by atoms with E-state index in [1.54, 1.807) is 17.8 Å². The molecule has 0 unspecified atom stereocenters. The first-order chi connectivity index (χ1) is 12.8. The highest BCUT2D eigenvalue weighted by molar-refractivity contribution is 6.09. The highest BCUT2D eigenvalue weighted by Gasteiger charge is 2.52. The number of hydrogen-bond donors (Lipinski definition) is 1. The van der Waals surface area contributed by atoms with Crippen LogP contribution in [0.1, 0.15) is 19.3 Å². The van der Waals surface area contributed by atoms with Crippen LogP contribution in [0.4, 0.5) is 20.7 Å². The Hall–Kier alpha value is -2.97. The van der Waals surface area contributed by atoms with Crippen LogP contribution < -0.4 is 15.1 Å². The van der Waals surface area contributed by atoms with Gasteiger partial charge >= 0.3 is 6.03 Å². The molecule has 5 rings (SSSR count). The summed E-state index contributed by atoms with van der Waals surface area (Å²) in [7, 11) is 1.74. The first-order valence-electron chi connectivity index (χ1n) is 8.89. The lowest BCUT2D eigenvalue weighted by Gasteiger charge is -2.55. The van der Waals surface area contributed by atoms with Crippen molar-refractivity contribution >= 4 is 40.1 Å². The molecule has 2 aromatic rings. The summed E-state index contributed by atoms with van der Waals surface area (Å²) in [5.41, 5.74) is 1.23. The van der Waals surface area contributed by atoms with Gasteiger partial charge in [0.25, 0.3) is 0 Å². The van der Waals surface area contributed by atoms with Crippen molar-refractivity contribution in [3.05, 3.63) is 17.9 Å². The number of aromatic nitrogens is 2. The van der Waals surface area contributed by atoms with Gasteiger partial charge in [0.15, 0.2) is 5.82 Å². The van der Waals surface area contributed by atoms with Gasteiger partial charge < -0.3 is 4.90 Å². The van der Waals surface area contributed by atoms with E-state index < -0.39 is 6.03 Å². The molecule has 1 N–H and O–H groups in total. The highest BCUT2D eigenvalue weighted by Crippen LogP contribution is 2.48. The number of aryl methyl sites for hydroxylation is 1. The fourth-order valence-electron chi connectivity index (χ4n) is 4.40. The molecule has 1 aromatic carbocycles. The summed E-state index contributed by atoms with van der Waals surface area (Å²) in [5, 5.41) is 7.17. The zero-order chi connectivity index (χ0) is 18.9. The maximum atomic E-state index is 14.8. The van der Waals surface area contributed by atoms with Gasteiger partial charge in [0, 0.05) is 56.7 Å². The molecular weight excluding hydrogens is 353 g/mol. The minimum atomic E-state index is -0.546. The molecule has 2 aliphatic heterocycles. The molecule has 0 bridgehead atoms. The number of carbonyl (C=O) groups excluding carboxylic acids is 3. The number of nitrogens with one attached hydrogen (secondary N) is 1. The summed E-state index contributed by atoms with van der Waals surface area (Å²) in [6, 6.07) is 2.59. The van der Waals surface area contributed by atoms with Crippen LogP contribution in [0.15, 0.2) is 12.1 Å².